The second-order valence-corrected chi connectivity index (χ2v) is 4.61. The Balaban J connectivity index is 1.86. The molecule has 0 unspecified atom stereocenters. The Morgan fingerprint density at radius 3 is 2.56 bits per heavy atom. The number of anilines is 1. The van der Waals surface area contributed by atoms with E-state index in [0.29, 0.717) is 24.3 Å². The molecule has 0 spiro atoms. The van der Waals surface area contributed by atoms with Crippen molar-refractivity contribution in [3.63, 3.8) is 0 Å². The third kappa shape index (κ3) is 3.01. The molecule has 0 heterocycles. The summed E-state index contributed by atoms with van der Waals surface area (Å²) in [5.41, 5.74) is 1.76. The molecule has 1 amide bonds. The molecule has 0 saturated heterocycles. The number of rotatable bonds is 5. The number of ether oxygens (including phenoxy) is 1. The van der Waals surface area contributed by atoms with Gasteiger partial charge in [0.25, 0.3) is 5.91 Å². The molecule has 0 aromatic heterocycles. The topological polar surface area (TPSA) is 50.4 Å². The van der Waals surface area contributed by atoms with Crippen LogP contribution in [-0.2, 0) is 4.74 Å². The molecular weight excluding hydrogens is 228 g/mol. The Morgan fingerprint density at radius 1 is 1.33 bits per heavy atom. The van der Waals surface area contributed by atoms with Crippen LogP contribution in [0.1, 0.15) is 30.1 Å². The van der Waals surface area contributed by atoms with Gasteiger partial charge in [0.2, 0.25) is 0 Å². The van der Waals surface area contributed by atoms with E-state index in [4.69, 9.17) is 4.74 Å². The van der Waals surface area contributed by atoms with Gasteiger partial charge in [-0.2, -0.15) is 0 Å². The Kier molecular flexibility index (Phi) is 4.20. The maximum atomic E-state index is 11.6. The standard InChI is InChI=1S/C14H20N2O2/c1-3-15-14(17)10-4-6-11(7-5-10)16-12-8-13(9-12)18-2/h4-7,12-13,16H,3,8-9H2,1-2H3,(H,15,17). The van der Waals surface area contributed by atoms with Gasteiger partial charge in [-0.25, -0.2) is 0 Å². The fraction of sp³-hybridized carbons (Fsp3) is 0.500. The van der Waals surface area contributed by atoms with Crippen LogP contribution in [0.5, 0.6) is 0 Å². The lowest BCUT2D eigenvalue weighted by Crippen LogP contribution is -2.40. The Morgan fingerprint density at radius 2 is 2.00 bits per heavy atom. The summed E-state index contributed by atoms with van der Waals surface area (Å²) < 4.78 is 5.24. The second-order valence-electron chi connectivity index (χ2n) is 4.61. The van der Waals surface area contributed by atoms with Crippen LogP contribution in [0.2, 0.25) is 0 Å². The quantitative estimate of drug-likeness (QED) is 0.838. The number of carbonyl (C=O) groups excluding carboxylic acids is 1. The van der Waals surface area contributed by atoms with Crippen LogP contribution in [0.15, 0.2) is 24.3 Å². The van der Waals surface area contributed by atoms with E-state index in [2.05, 4.69) is 10.6 Å². The SMILES string of the molecule is CCNC(=O)c1ccc(NC2CC(OC)C2)cc1. The van der Waals surface area contributed by atoms with Crippen molar-refractivity contribution in [3.05, 3.63) is 29.8 Å². The summed E-state index contributed by atoms with van der Waals surface area (Å²) in [5.74, 6) is -0.0212. The van der Waals surface area contributed by atoms with E-state index in [0.717, 1.165) is 18.5 Å². The van der Waals surface area contributed by atoms with E-state index in [9.17, 15) is 4.79 Å². The summed E-state index contributed by atoms with van der Waals surface area (Å²) >= 11 is 0. The van der Waals surface area contributed by atoms with Crippen molar-refractivity contribution in [2.45, 2.75) is 31.9 Å². The minimum atomic E-state index is -0.0212. The van der Waals surface area contributed by atoms with Crippen LogP contribution in [0.3, 0.4) is 0 Å². The second kappa shape index (κ2) is 5.87. The van der Waals surface area contributed by atoms with Gasteiger partial charge in [-0.1, -0.05) is 0 Å². The minimum absolute atomic E-state index is 0.0212. The smallest absolute Gasteiger partial charge is 0.251 e. The van der Waals surface area contributed by atoms with Gasteiger partial charge in [0, 0.05) is 30.9 Å². The molecule has 0 atom stereocenters. The van der Waals surface area contributed by atoms with Crippen molar-refractivity contribution in [2.24, 2.45) is 0 Å². The lowest BCUT2D eigenvalue weighted by molar-refractivity contribution is 0.0329. The zero-order chi connectivity index (χ0) is 13.0. The van der Waals surface area contributed by atoms with Gasteiger partial charge >= 0.3 is 0 Å². The van der Waals surface area contributed by atoms with Gasteiger partial charge in [0.1, 0.15) is 0 Å². The summed E-state index contributed by atoms with van der Waals surface area (Å²) in [6.45, 7) is 2.57. The predicted molar refractivity (Wildman–Crippen MR) is 71.9 cm³/mol. The number of nitrogens with one attached hydrogen (secondary N) is 2. The zero-order valence-electron chi connectivity index (χ0n) is 10.9. The maximum Gasteiger partial charge on any atom is 0.251 e. The van der Waals surface area contributed by atoms with Gasteiger partial charge in [0.15, 0.2) is 0 Å². The van der Waals surface area contributed by atoms with Gasteiger partial charge in [-0.05, 0) is 44.0 Å². The molecular formula is C14H20N2O2. The first kappa shape index (κ1) is 12.9. The number of hydrogen-bond acceptors (Lipinski definition) is 3. The first-order chi connectivity index (χ1) is 8.72. The summed E-state index contributed by atoms with van der Waals surface area (Å²) in [6.07, 6.45) is 2.50. The van der Waals surface area contributed by atoms with E-state index >= 15 is 0 Å². The van der Waals surface area contributed by atoms with Gasteiger partial charge in [-0.3, -0.25) is 4.79 Å². The third-order valence-corrected chi connectivity index (χ3v) is 3.28. The van der Waals surface area contributed by atoms with E-state index in [1.807, 2.05) is 31.2 Å². The molecule has 0 aliphatic heterocycles. The first-order valence-electron chi connectivity index (χ1n) is 6.40. The van der Waals surface area contributed by atoms with E-state index in [1.165, 1.54) is 0 Å². The fourth-order valence-electron chi connectivity index (χ4n) is 2.09. The number of carbonyl (C=O) groups is 1. The highest BCUT2D eigenvalue weighted by Gasteiger charge is 2.28. The van der Waals surface area contributed by atoms with Crippen molar-refractivity contribution in [1.82, 2.24) is 5.32 Å². The molecule has 1 saturated carbocycles. The number of benzene rings is 1. The Bertz CT molecular complexity index is 397. The monoisotopic (exact) mass is 248 g/mol. The lowest BCUT2D eigenvalue weighted by atomic mass is 9.89. The maximum absolute atomic E-state index is 11.6. The van der Waals surface area contributed by atoms with Crippen molar-refractivity contribution < 1.29 is 9.53 Å². The van der Waals surface area contributed by atoms with Gasteiger partial charge in [0.05, 0.1) is 6.10 Å². The normalized spacial score (nSPS) is 22.1. The molecule has 0 radical (unpaired) electrons. The Hall–Kier alpha value is -1.55. The Labute approximate surface area is 108 Å². The summed E-state index contributed by atoms with van der Waals surface area (Å²) in [4.78, 5) is 11.6. The minimum Gasteiger partial charge on any atom is -0.382 e. The molecule has 1 fully saturated rings. The highest BCUT2D eigenvalue weighted by Crippen LogP contribution is 2.26. The molecule has 2 rings (SSSR count). The zero-order valence-corrected chi connectivity index (χ0v) is 10.9. The van der Waals surface area contributed by atoms with E-state index < -0.39 is 0 Å². The van der Waals surface area contributed by atoms with Gasteiger partial charge < -0.3 is 15.4 Å². The van der Waals surface area contributed by atoms with Crippen molar-refractivity contribution in [1.29, 1.82) is 0 Å². The van der Waals surface area contributed by atoms with Gasteiger partial charge in [-0.15, -0.1) is 0 Å². The van der Waals surface area contributed by atoms with Crippen LogP contribution < -0.4 is 10.6 Å². The van der Waals surface area contributed by atoms with Crippen LogP contribution in [-0.4, -0.2) is 31.7 Å². The third-order valence-electron chi connectivity index (χ3n) is 3.28. The average molecular weight is 248 g/mol. The van der Waals surface area contributed by atoms with Crippen molar-refractivity contribution in [2.75, 3.05) is 19.0 Å². The summed E-state index contributed by atoms with van der Waals surface area (Å²) in [6, 6.07) is 8.08. The van der Waals surface area contributed by atoms with Crippen LogP contribution in [0.25, 0.3) is 0 Å². The number of hydrogen-bond donors (Lipinski definition) is 2. The van der Waals surface area contributed by atoms with Crippen LogP contribution in [0, 0.1) is 0 Å². The lowest BCUT2D eigenvalue weighted by Gasteiger charge is -2.35. The molecule has 1 aliphatic carbocycles. The molecule has 18 heavy (non-hydrogen) atoms. The molecule has 98 valence electrons. The van der Waals surface area contributed by atoms with Crippen molar-refractivity contribution >= 4 is 11.6 Å². The van der Waals surface area contributed by atoms with Crippen molar-refractivity contribution in [3.8, 4) is 0 Å². The number of amides is 1. The average Bonchev–Trinajstić information content (AvgIpc) is 2.34. The number of methoxy groups -OCH3 is 1. The largest absolute Gasteiger partial charge is 0.382 e. The molecule has 2 N–H and O–H groups in total. The summed E-state index contributed by atoms with van der Waals surface area (Å²) in [5, 5.41) is 6.21. The first-order valence-corrected chi connectivity index (χ1v) is 6.40. The fourth-order valence-corrected chi connectivity index (χ4v) is 2.09. The van der Waals surface area contributed by atoms with E-state index in [1.54, 1.807) is 7.11 Å². The summed E-state index contributed by atoms with van der Waals surface area (Å²) in [7, 11) is 1.75. The highest BCUT2D eigenvalue weighted by atomic mass is 16.5. The molecule has 1 aromatic rings. The van der Waals surface area contributed by atoms with E-state index in [-0.39, 0.29) is 5.91 Å². The predicted octanol–water partition coefficient (Wildman–Crippen LogP) is 2.03. The highest BCUT2D eigenvalue weighted by molar-refractivity contribution is 5.94. The molecule has 0 bridgehead atoms. The molecule has 1 aromatic carbocycles. The van der Waals surface area contributed by atoms with Crippen LogP contribution >= 0.6 is 0 Å². The van der Waals surface area contributed by atoms with Crippen LogP contribution in [0.4, 0.5) is 5.69 Å². The molecule has 1 aliphatic rings. The molecule has 4 heteroatoms. The molecule has 4 nitrogen and oxygen atoms in total.